The van der Waals surface area contributed by atoms with Gasteiger partial charge in [0.2, 0.25) is 5.24 Å². The van der Waals surface area contributed by atoms with Crippen LogP contribution in [0.5, 0.6) is 0 Å². The Morgan fingerprint density at radius 3 is 2.36 bits per heavy atom. The molecule has 0 radical (unpaired) electrons. The highest BCUT2D eigenvalue weighted by molar-refractivity contribution is 6.63. The summed E-state index contributed by atoms with van der Waals surface area (Å²) >= 11 is 5.12. The van der Waals surface area contributed by atoms with Gasteiger partial charge >= 0.3 is 0 Å². The molecule has 0 amide bonds. The summed E-state index contributed by atoms with van der Waals surface area (Å²) in [6, 6.07) is 0. The maximum atomic E-state index is 10.2. The Balaban J connectivity index is 2.90. The third kappa shape index (κ3) is 9.63. The van der Waals surface area contributed by atoms with Crippen LogP contribution in [0.25, 0.3) is 0 Å². The van der Waals surface area contributed by atoms with Gasteiger partial charge in [-0.05, 0) is 24.4 Å². The highest BCUT2D eigenvalue weighted by Gasteiger charge is 1.94. The fourth-order valence-corrected chi connectivity index (χ4v) is 0.979. The van der Waals surface area contributed by atoms with E-state index >= 15 is 0 Å². The van der Waals surface area contributed by atoms with Gasteiger partial charge in [-0.25, -0.2) is 0 Å². The molecule has 0 rings (SSSR count). The van der Waals surface area contributed by atoms with Crippen molar-refractivity contribution in [1.82, 2.24) is 0 Å². The first-order valence-corrected chi connectivity index (χ1v) is 4.27. The Labute approximate surface area is 71.9 Å². The van der Waals surface area contributed by atoms with E-state index in [9.17, 15) is 9.59 Å². The number of hydrogen-bond donors (Lipinski definition) is 0. The van der Waals surface area contributed by atoms with E-state index in [0.717, 1.165) is 32.0 Å². The summed E-state index contributed by atoms with van der Waals surface area (Å²) in [7, 11) is 0. The predicted octanol–water partition coefficient (Wildman–Crippen LogP) is 2.29. The smallest absolute Gasteiger partial charge is 0.221 e. The Bertz CT molecular complexity index is 123. The second-order valence-corrected chi connectivity index (χ2v) is 2.90. The number of aldehydes is 1. The number of halogens is 1. The van der Waals surface area contributed by atoms with Crippen LogP contribution in [0, 0.1) is 0 Å². The van der Waals surface area contributed by atoms with Crippen LogP contribution in [0.3, 0.4) is 0 Å². The minimum Gasteiger partial charge on any atom is -0.303 e. The Morgan fingerprint density at radius 2 is 1.82 bits per heavy atom. The van der Waals surface area contributed by atoms with Crippen molar-refractivity contribution in [3.63, 3.8) is 0 Å². The molecule has 64 valence electrons. The summed E-state index contributed by atoms with van der Waals surface area (Å²) in [6.45, 7) is 0. The maximum absolute atomic E-state index is 10.2. The van der Waals surface area contributed by atoms with Crippen molar-refractivity contribution in [3.8, 4) is 0 Å². The number of carbonyl (C=O) groups excluding carboxylic acids is 2. The van der Waals surface area contributed by atoms with E-state index in [1.807, 2.05) is 0 Å². The number of rotatable bonds is 7. The summed E-state index contributed by atoms with van der Waals surface area (Å²) in [6.07, 6.45) is 5.81. The van der Waals surface area contributed by atoms with Crippen LogP contribution in [-0.2, 0) is 9.59 Å². The lowest BCUT2D eigenvalue weighted by Gasteiger charge is -1.94. The summed E-state index contributed by atoms with van der Waals surface area (Å²) in [5.41, 5.74) is 0. The van der Waals surface area contributed by atoms with E-state index in [1.165, 1.54) is 0 Å². The highest BCUT2D eigenvalue weighted by Crippen LogP contribution is 2.05. The topological polar surface area (TPSA) is 34.1 Å². The molecule has 0 atom stereocenters. The highest BCUT2D eigenvalue weighted by atomic mass is 35.5. The molecule has 0 saturated carbocycles. The minimum atomic E-state index is -0.264. The van der Waals surface area contributed by atoms with Gasteiger partial charge in [0.25, 0.3) is 0 Å². The molecule has 0 bridgehead atoms. The number of carbonyl (C=O) groups is 2. The molecule has 11 heavy (non-hydrogen) atoms. The molecule has 0 N–H and O–H groups in total. The van der Waals surface area contributed by atoms with E-state index in [0.29, 0.717) is 12.8 Å². The average Bonchev–Trinajstić information content (AvgIpc) is 1.96. The van der Waals surface area contributed by atoms with Gasteiger partial charge < -0.3 is 4.79 Å². The third-order valence-corrected chi connectivity index (χ3v) is 1.63. The minimum absolute atomic E-state index is 0.264. The van der Waals surface area contributed by atoms with Crippen LogP contribution in [-0.4, -0.2) is 11.5 Å². The quantitative estimate of drug-likeness (QED) is 0.339. The monoisotopic (exact) mass is 176 g/mol. The molecule has 0 aromatic heterocycles. The molecule has 0 fully saturated rings. The number of unbranched alkanes of at least 4 members (excludes halogenated alkanes) is 4. The van der Waals surface area contributed by atoms with Crippen LogP contribution in [0.1, 0.15) is 38.5 Å². The first-order chi connectivity index (χ1) is 5.27. The number of hydrogen-bond acceptors (Lipinski definition) is 2. The second-order valence-electron chi connectivity index (χ2n) is 2.47. The summed E-state index contributed by atoms with van der Waals surface area (Å²) < 4.78 is 0. The van der Waals surface area contributed by atoms with Crippen molar-refractivity contribution in [2.75, 3.05) is 0 Å². The molecule has 0 spiro atoms. The van der Waals surface area contributed by atoms with Gasteiger partial charge in [-0.15, -0.1) is 0 Å². The fraction of sp³-hybridized carbons (Fsp3) is 0.750. The van der Waals surface area contributed by atoms with Crippen molar-refractivity contribution in [2.45, 2.75) is 38.5 Å². The van der Waals surface area contributed by atoms with Gasteiger partial charge in [0.1, 0.15) is 6.29 Å². The Kier molecular flexibility index (Phi) is 7.47. The van der Waals surface area contributed by atoms with Gasteiger partial charge in [0, 0.05) is 12.8 Å². The molecule has 0 aliphatic rings. The molecule has 0 aliphatic heterocycles. The molecular weight excluding hydrogens is 164 g/mol. The molecular formula is C8H13ClO2. The second kappa shape index (κ2) is 7.73. The van der Waals surface area contributed by atoms with Gasteiger partial charge in [-0.3, -0.25) is 4.79 Å². The van der Waals surface area contributed by atoms with Crippen molar-refractivity contribution in [3.05, 3.63) is 0 Å². The Morgan fingerprint density at radius 1 is 1.18 bits per heavy atom. The maximum Gasteiger partial charge on any atom is 0.221 e. The van der Waals surface area contributed by atoms with Gasteiger partial charge in [0.05, 0.1) is 0 Å². The fourth-order valence-electron chi connectivity index (χ4n) is 0.845. The predicted molar refractivity (Wildman–Crippen MR) is 44.6 cm³/mol. The van der Waals surface area contributed by atoms with Crippen LogP contribution in [0.2, 0.25) is 0 Å². The Hall–Kier alpha value is -0.370. The lowest BCUT2D eigenvalue weighted by molar-refractivity contribution is -0.112. The standard InChI is InChI=1S/C8H13ClO2/c9-8(11)6-4-2-1-3-5-7-10/h7H,1-6H2. The first-order valence-electron chi connectivity index (χ1n) is 3.89. The molecule has 0 aliphatic carbocycles. The van der Waals surface area contributed by atoms with E-state index in [2.05, 4.69) is 0 Å². The van der Waals surface area contributed by atoms with Crippen LogP contribution in [0.4, 0.5) is 0 Å². The van der Waals surface area contributed by atoms with E-state index in [1.54, 1.807) is 0 Å². The zero-order valence-corrected chi connectivity index (χ0v) is 7.27. The van der Waals surface area contributed by atoms with Crippen molar-refractivity contribution < 1.29 is 9.59 Å². The SMILES string of the molecule is O=CCCCCCCC(=O)Cl. The van der Waals surface area contributed by atoms with Crippen LogP contribution >= 0.6 is 11.6 Å². The molecule has 0 aromatic rings. The molecule has 0 heterocycles. The van der Waals surface area contributed by atoms with Gasteiger partial charge in [-0.1, -0.05) is 12.8 Å². The molecule has 2 nitrogen and oxygen atoms in total. The third-order valence-electron chi connectivity index (χ3n) is 1.45. The lowest BCUT2D eigenvalue weighted by atomic mass is 10.1. The zero-order valence-electron chi connectivity index (χ0n) is 6.51. The van der Waals surface area contributed by atoms with Crippen LogP contribution < -0.4 is 0 Å². The molecule has 3 heteroatoms. The van der Waals surface area contributed by atoms with Crippen molar-refractivity contribution in [1.29, 1.82) is 0 Å². The zero-order chi connectivity index (χ0) is 8.53. The van der Waals surface area contributed by atoms with Gasteiger partial charge in [-0.2, -0.15) is 0 Å². The van der Waals surface area contributed by atoms with Gasteiger partial charge in [0.15, 0.2) is 0 Å². The summed E-state index contributed by atoms with van der Waals surface area (Å²) in [5, 5.41) is -0.264. The van der Waals surface area contributed by atoms with E-state index in [-0.39, 0.29) is 5.24 Å². The molecule has 0 unspecified atom stereocenters. The van der Waals surface area contributed by atoms with Crippen LogP contribution in [0.15, 0.2) is 0 Å². The van der Waals surface area contributed by atoms with Crippen molar-refractivity contribution >= 4 is 23.1 Å². The summed E-state index contributed by atoms with van der Waals surface area (Å²) in [5.74, 6) is 0. The normalized spacial score (nSPS) is 9.55. The first kappa shape index (κ1) is 10.6. The van der Waals surface area contributed by atoms with E-state index in [4.69, 9.17) is 11.6 Å². The summed E-state index contributed by atoms with van der Waals surface area (Å²) in [4.78, 5) is 20.1. The lowest BCUT2D eigenvalue weighted by Crippen LogP contribution is -1.86. The average molecular weight is 177 g/mol. The van der Waals surface area contributed by atoms with Crippen molar-refractivity contribution in [2.24, 2.45) is 0 Å². The van der Waals surface area contributed by atoms with E-state index < -0.39 is 0 Å². The molecule has 0 aromatic carbocycles. The molecule has 0 saturated heterocycles. The largest absolute Gasteiger partial charge is 0.303 e.